The summed E-state index contributed by atoms with van der Waals surface area (Å²) in [6, 6.07) is 8.61. The molecular weight excluding hydrogens is 286 g/mol. The number of nitrogens with zero attached hydrogens (tertiary/aromatic N) is 2. The van der Waals surface area contributed by atoms with E-state index in [9.17, 15) is 4.79 Å². The van der Waals surface area contributed by atoms with Crippen LogP contribution < -0.4 is 0 Å². The zero-order valence-corrected chi connectivity index (χ0v) is 14.2. The van der Waals surface area contributed by atoms with Crippen molar-refractivity contribution in [3.8, 4) is 0 Å². The Bertz CT molecular complexity index is 704. The molecule has 1 fully saturated rings. The van der Waals surface area contributed by atoms with Crippen LogP contribution in [0.3, 0.4) is 0 Å². The Morgan fingerprint density at radius 3 is 2.87 bits per heavy atom. The molecule has 1 aliphatic rings. The molecule has 2 heterocycles. The molecule has 1 aromatic carbocycles. The lowest BCUT2D eigenvalue weighted by Gasteiger charge is -2.25. The second-order valence-electron chi connectivity index (χ2n) is 6.53. The number of benzene rings is 1. The summed E-state index contributed by atoms with van der Waals surface area (Å²) in [6.45, 7) is 7.19. The predicted octanol–water partition coefficient (Wildman–Crippen LogP) is 3.96. The van der Waals surface area contributed by atoms with Gasteiger partial charge >= 0.3 is 0 Å². The summed E-state index contributed by atoms with van der Waals surface area (Å²) in [5.41, 5.74) is 5.40. The molecule has 122 valence electrons. The molecule has 1 amide bonds. The number of aromatic amines is 1. The fourth-order valence-corrected chi connectivity index (χ4v) is 3.34. The molecule has 0 saturated carbocycles. The van der Waals surface area contributed by atoms with Crippen LogP contribution in [0.1, 0.15) is 65.1 Å². The van der Waals surface area contributed by atoms with Crippen molar-refractivity contribution in [2.45, 2.75) is 52.5 Å². The largest absolute Gasteiger partial charge is 0.330 e. The van der Waals surface area contributed by atoms with Gasteiger partial charge in [-0.2, -0.15) is 5.10 Å². The van der Waals surface area contributed by atoms with Crippen LogP contribution in [0, 0.1) is 13.8 Å². The van der Waals surface area contributed by atoms with Crippen molar-refractivity contribution in [1.82, 2.24) is 15.1 Å². The zero-order valence-electron chi connectivity index (χ0n) is 14.2. The van der Waals surface area contributed by atoms with Crippen LogP contribution in [-0.4, -0.2) is 27.5 Å². The normalized spacial score (nSPS) is 17.7. The molecule has 0 spiro atoms. The maximum absolute atomic E-state index is 12.8. The maximum Gasteiger partial charge on any atom is 0.274 e. The Balaban J connectivity index is 1.82. The first-order valence-electron chi connectivity index (χ1n) is 8.52. The lowest BCUT2D eigenvalue weighted by Crippen LogP contribution is -2.30. The monoisotopic (exact) mass is 311 g/mol. The molecule has 1 unspecified atom stereocenters. The number of rotatable bonds is 4. The van der Waals surface area contributed by atoms with Gasteiger partial charge in [0.25, 0.3) is 5.91 Å². The van der Waals surface area contributed by atoms with E-state index in [1.165, 1.54) is 16.7 Å². The fourth-order valence-electron chi connectivity index (χ4n) is 3.34. The lowest BCUT2D eigenvalue weighted by atomic mass is 9.99. The van der Waals surface area contributed by atoms with E-state index in [1.807, 2.05) is 11.0 Å². The van der Waals surface area contributed by atoms with Gasteiger partial charge in [-0.15, -0.1) is 0 Å². The third-order valence-electron chi connectivity index (χ3n) is 4.80. The van der Waals surface area contributed by atoms with Gasteiger partial charge in [0.15, 0.2) is 0 Å². The van der Waals surface area contributed by atoms with Gasteiger partial charge in [-0.25, -0.2) is 0 Å². The summed E-state index contributed by atoms with van der Waals surface area (Å²) in [5, 5.41) is 7.21. The number of nitrogens with one attached hydrogen (secondary N) is 1. The van der Waals surface area contributed by atoms with Crippen molar-refractivity contribution in [1.29, 1.82) is 0 Å². The Kier molecular flexibility index (Phi) is 4.51. The molecule has 0 radical (unpaired) electrons. The summed E-state index contributed by atoms with van der Waals surface area (Å²) < 4.78 is 0. The first-order chi connectivity index (χ1) is 11.1. The number of hydrogen-bond donors (Lipinski definition) is 1. The molecule has 1 aromatic heterocycles. The number of H-pyrrole nitrogens is 1. The van der Waals surface area contributed by atoms with Gasteiger partial charge in [-0.1, -0.05) is 31.5 Å². The highest BCUT2D eigenvalue weighted by Crippen LogP contribution is 2.33. The van der Waals surface area contributed by atoms with Gasteiger partial charge in [0, 0.05) is 12.2 Å². The molecule has 4 nitrogen and oxygen atoms in total. The molecule has 4 heteroatoms. The summed E-state index contributed by atoms with van der Waals surface area (Å²) in [6.07, 6.45) is 4.06. The highest BCUT2D eigenvalue weighted by Gasteiger charge is 2.31. The SMILES string of the molecule is CCCc1cc(C(=O)N2CCCC2c2ccc(C)c(C)c2)n[nH]1. The average Bonchev–Trinajstić information content (AvgIpc) is 3.19. The van der Waals surface area contributed by atoms with E-state index in [0.717, 1.165) is 37.9 Å². The minimum absolute atomic E-state index is 0.0457. The minimum Gasteiger partial charge on any atom is -0.330 e. The smallest absolute Gasteiger partial charge is 0.274 e. The summed E-state index contributed by atoms with van der Waals surface area (Å²) >= 11 is 0. The van der Waals surface area contributed by atoms with Crippen LogP contribution in [0.15, 0.2) is 24.3 Å². The summed E-state index contributed by atoms with van der Waals surface area (Å²) in [4.78, 5) is 14.8. The van der Waals surface area contributed by atoms with Crippen LogP contribution in [0.5, 0.6) is 0 Å². The highest BCUT2D eigenvalue weighted by atomic mass is 16.2. The van der Waals surface area contributed by atoms with Gasteiger partial charge in [0.1, 0.15) is 5.69 Å². The van der Waals surface area contributed by atoms with Gasteiger partial charge < -0.3 is 4.90 Å². The van der Waals surface area contributed by atoms with Crippen LogP contribution in [0.2, 0.25) is 0 Å². The quantitative estimate of drug-likeness (QED) is 0.929. The van der Waals surface area contributed by atoms with Crippen LogP contribution in [0.4, 0.5) is 0 Å². The van der Waals surface area contributed by atoms with Crippen molar-refractivity contribution in [3.63, 3.8) is 0 Å². The summed E-state index contributed by atoms with van der Waals surface area (Å²) in [5.74, 6) is 0.0457. The molecule has 0 bridgehead atoms. The van der Waals surface area contributed by atoms with Gasteiger partial charge in [-0.05, 0) is 55.9 Å². The van der Waals surface area contributed by atoms with Gasteiger partial charge in [0.05, 0.1) is 6.04 Å². The van der Waals surface area contributed by atoms with E-state index in [0.29, 0.717) is 5.69 Å². The van der Waals surface area contributed by atoms with Crippen LogP contribution >= 0.6 is 0 Å². The van der Waals surface area contributed by atoms with Gasteiger partial charge in [-0.3, -0.25) is 9.89 Å². The van der Waals surface area contributed by atoms with Crippen LogP contribution in [-0.2, 0) is 6.42 Å². The van der Waals surface area contributed by atoms with E-state index in [2.05, 4.69) is 49.2 Å². The van der Waals surface area contributed by atoms with E-state index < -0.39 is 0 Å². The zero-order chi connectivity index (χ0) is 16.4. The van der Waals surface area contributed by atoms with Gasteiger partial charge in [0.2, 0.25) is 0 Å². The van der Waals surface area contributed by atoms with E-state index in [-0.39, 0.29) is 11.9 Å². The Hall–Kier alpha value is -2.10. The first-order valence-corrected chi connectivity index (χ1v) is 8.52. The Morgan fingerprint density at radius 2 is 2.13 bits per heavy atom. The molecule has 1 aliphatic heterocycles. The minimum atomic E-state index is 0.0457. The molecular formula is C19H25N3O. The summed E-state index contributed by atoms with van der Waals surface area (Å²) in [7, 11) is 0. The standard InChI is InChI=1S/C19H25N3O/c1-4-6-16-12-17(21-20-16)19(23)22-10-5-7-18(22)15-9-8-13(2)14(3)11-15/h8-9,11-12,18H,4-7,10H2,1-3H3,(H,20,21). The second kappa shape index (κ2) is 6.57. The number of hydrogen-bond acceptors (Lipinski definition) is 2. The highest BCUT2D eigenvalue weighted by molar-refractivity contribution is 5.92. The number of aromatic nitrogens is 2. The van der Waals surface area contributed by atoms with Crippen molar-refractivity contribution >= 4 is 5.91 Å². The Labute approximate surface area is 137 Å². The van der Waals surface area contributed by atoms with Crippen LogP contribution in [0.25, 0.3) is 0 Å². The molecule has 2 aromatic rings. The fraction of sp³-hybridized carbons (Fsp3) is 0.474. The number of carbonyl (C=O) groups is 1. The molecule has 1 N–H and O–H groups in total. The topological polar surface area (TPSA) is 49.0 Å². The molecule has 0 aliphatic carbocycles. The molecule has 23 heavy (non-hydrogen) atoms. The predicted molar refractivity (Wildman–Crippen MR) is 91.5 cm³/mol. The lowest BCUT2D eigenvalue weighted by molar-refractivity contribution is 0.0729. The van der Waals surface area contributed by atoms with Crippen molar-refractivity contribution in [2.75, 3.05) is 6.54 Å². The average molecular weight is 311 g/mol. The van der Waals surface area contributed by atoms with E-state index in [1.54, 1.807) is 0 Å². The third-order valence-corrected chi connectivity index (χ3v) is 4.80. The second-order valence-corrected chi connectivity index (χ2v) is 6.53. The molecule has 1 saturated heterocycles. The number of likely N-dealkylation sites (tertiary alicyclic amines) is 1. The number of carbonyl (C=O) groups excluding carboxylic acids is 1. The van der Waals surface area contributed by atoms with E-state index in [4.69, 9.17) is 0 Å². The Morgan fingerprint density at radius 1 is 1.30 bits per heavy atom. The number of aryl methyl sites for hydroxylation is 3. The molecule has 3 rings (SSSR count). The first kappa shape index (κ1) is 15.8. The van der Waals surface area contributed by atoms with Crippen molar-refractivity contribution in [2.24, 2.45) is 0 Å². The van der Waals surface area contributed by atoms with Crippen molar-refractivity contribution in [3.05, 3.63) is 52.3 Å². The van der Waals surface area contributed by atoms with Crippen molar-refractivity contribution < 1.29 is 4.79 Å². The van der Waals surface area contributed by atoms with E-state index >= 15 is 0 Å². The third kappa shape index (κ3) is 3.16. The maximum atomic E-state index is 12.8. The molecule has 1 atom stereocenters. The number of amides is 1.